The van der Waals surface area contributed by atoms with Crippen LogP contribution in [0.15, 0.2) is 48.5 Å². The third-order valence-corrected chi connectivity index (χ3v) is 37.9. The molecule has 1 aliphatic heterocycles. The van der Waals surface area contributed by atoms with E-state index >= 15 is 0 Å². The van der Waals surface area contributed by atoms with Crippen LogP contribution in [-0.2, 0) is 28.4 Å². The van der Waals surface area contributed by atoms with Crippen LogP contribution in [0.2, 0.25) is 0 Å². The van der Waals surface area contributed by atoms with Crippen molar-refractivity contribution in [3.05, 3.63) is 57.7 Å². The molecule has 1 fully saturated rings. The quantitative estimate of drug-likeness (QED) is 0.126. The highest BCUT2D eigenvalue weighted by atomic mass is 127. The molecule has 1 nitrogen and oxygen atoms in total. The molecule has 242 valence electrons. The van der Waals surface area contributed by atoms with Crippen molar-refractivity contribution in [1.29, 1.82) is 0 Å². The van der Waals surface area contributed by atoms with E-state index in [0.717, 1.165) is 21.0 Å². The maximum atomic E-state index is 14.4. The zero-order valence-corrected chi connectivity index (χ0v) is 28.0. The molecule has 2 aromatic carbocycles. The van der Waals surface area contributed by atoms with Gasteiger partial charge in [0.1, 0.15) is 0 Å². The summed E-state index contributed by atoms with van der Waals surface area (Å²) in [6, 6.07) is 12.4. The van der Waals surface area contributed by atoms with Crippen LogP contribution in [0.5, 0.6) is 0 Å². The summed E-state index contributed by atoms with van der Waals surface area (Å²) < 4.78 is 176. The Labute approximate surface area is 267 Å². The van der Waals surface area contributed by atoms with Crippen LogP contribution in [0.3, 0.4) is 0 Å². The Kier molecular flexibility index (Phi) is 10.8. The first-order chi connectivity index (χ1) is 19.3. The van der Waals surface area contributed by atoms with Crippen LogP contribution >= 0.6 is 53.5 Å². The smallest absolute Gasteiger partial charge is 0.307 e. The Morgan fingerprint density at radius 3 is 1.47 bits per heavy atom. The van der Waals surface area contributed by atoms with Gasteiger partial charge < -0.3 is 4.74 Å². The van der Waals surface area contributed by atoms with Crippen LogP contribution in [0.1, 0.15) is 31.4 Å². The molecule has 0 saturated carbocycles. The van der Waals surface area contributed by atoms with E-state index in [9.17, 15) is 57.1 Å². The fraction of sp³-hybridized carbons (Fsp3) is 0.455. The van der Waals surface area contributed by atoms with E-state index in [2.05, 4.69) is 27.3 Å². The summed E-state index contributed by atoms with van der Waals surface area (Å²) in [6.07, 6.45) is -17.0. The van der Waals surface area contributed by atoms with Gasteiger partial charge in [0, 0.05) is 14.2 Å². The molecule has 1 atom stereocenters. The largest absolute Gasteiger partial charge is 0.460 e. The Bertz CT molecular complexity index is 1410. The molecule has 0 bridgehead atoms. The Morgan fingerprint density at radius 1 is 0.674 bits per heavy atom. The van der Waals surface area contributed by atoms with Crippen LogP contribution in [0.25, 0.3) is 0 Å². The van der Waals surface area contributed by atoms with Crippen molar-refractivity contribution < 1.29 is 61.8 Å². The average Bonchev–Trinajstić information content (AvgIpc) is 2.86. The highest BCUT2D eigenvalue weighted by Gasteiger charge is 2.91. The van der Waals surface area contributed by atoms with Gasteiger partial charge in [-0.2, -0.15) is 57.1 Å². The lowest BCUT2D eigenvalue weighted by Gasteiger charge is -2.41. The number of hydrogen-bond donors (Lipinski definition) is 0. The Balaban J connectivity index is 1.86. The second-order valence-corrected chi connectivity index (χ2v) is 31.5. The van der Waals surface area contributed by atoms with Crippen LogP contribution in [0, 0.1) is 3.57 Å². The van der Waals surface area contributed by atoms with Crippen molar-refractivity contribution in [3.8, 4) is 0 Å². The summed E-state index contributed by atoms with van der Waals surface area (Å²) in [6.45, 7) is 1.33. The number of hydrogen-bond acceptors (Lipinski definition) is 5. The molecule has 0 amide bonds. The number of rotatable bonds is 11. The molecule has 43 heavy (non-hydrogen) atoms. The van der Waals surface area contributed by atoms with Crippen molar-refractivity contribution in [1.82, 2.24) is 0 Å². The van der Waals surface area contributed by atoms with Crippen molar-refractivity contribution >= 4 is 87.7 Å². The monoisotopic (exact) mass is 860 g/mol. The number of ether oxygens (including phenoxy) is 1. The maximum Gasteiger partial charge on any atom is 0.460 e. The number of halogens is 14. The molecule has 0 spiro atoms. The summed E-state index contributed by atoms with van der Waals surface area (Å²) in [7, 11) is 0. The molecule has 1 unspecified atom stereocenters. The predicted octanol–water partition coefficient (Wildman–Crippen LogP) is 10.9. The molecule has 0 aliphatic carbocycles. The molecule has 0 N–H and O–H groups in total. The zero-order valence-electron chi connectivity index (χ0n) is 20.8. The van der Waals surface area contributed by atoms with Gasteiger partial charge in [-0.1, -0.05) is 95.4 Å². The molecule has 1 heterocycles. The number of alkyl halides is 13. The summed E-state index contributed by atoms with van der Waals surface area (Å²) in [5.74, 6) is -31.2. The van der Waals surface area contributed by atoms with Gasteiger partial charge >= 0.3 is 36.0 Å². The third kappa shape index (κ3) is 6.67. The second kappa shape index (κ2) is 12.3. The highest BCUT2D eigenvalue weighted by Crippen LogP contribution is 3.04. The summed E-state index contributed by atoms with van der Waals surface area (Å²) >= 11 is 16.5. The van der Waals surface area contributed by atoms with E-state index in [1.165, 1.54) is 41.1 Å². The first kappa shape index (κ1) is 37.7. The van der Waals surface area contributed by atoms with Crippen LogP contribution in [-0.4, -0.2) is 36.0 Å². The normalized spacial score (nSPS) is 23.1. The van der Waals surface area contributed by atoms with Crippen LogP contribution in [0.4, 0.5) is 57.1 Å². The summed E-state index contributed by atoms with van der Waals surface area (Å²) in [5, 5.41) is 1.44. The van der Waals surface area contributed by atoms with E-state index in [4.69, 9.17) is 23.6 Å². The molecule has 1 saturated heterocycles. The van der Waals surface area contributed by atoms with Crippen molar-refractivity contribution in [3.63, 3.8) is 0 Å². The van der Waals surface area contributed by atoms with E-state index in [1.807, 2.05) is 24.3 Å². The van der Waals surface area contributed by atoms with E-state index in [-0.39, 0.29) is 12.0 Å². The van der Waals surface area contributed by atoms with E-state index < -0.39 is 57.4 Å². The van der Waals surface area contributed by atoms with Crippen molar-refractivity contribution in [2.75, 3.05) is 0 Å². The fourth-order valence-electron chi connectivity index (χ4n) is 3.54. The molecule has 21 heteroatoms. The second-order valence-electron chi connectivity index (χ2n) is 8.93. The van der Waals surface area contributed by atoms with Gasteiger partial charge in [0.25, 0.3) is 0 Å². The van der Waals surface area contributed by atoms with Gasteiger partial charge in [0.05, 0.1) is 15.0 Å². The standard InChI is InChI=1S/C22H16F13IOP2S4/c1-2-3-16(37-22(34,35)20(29,30)18(25,26)17(23,24)19(27,28)21(31,32)33)12-4-8-14(9-5-12)38(40)42-39(41,43-38)15-10-6-13(36)7-11-15/h4-11,16H,2-3H2,1H3. The molecule has 1 aliphatic rings. The minimum absolute atomic E-state index is 0.116. The predicted molar refractivity (Wildman–Crippen MR) is 158 cm³/mol. The first-order valence-corrected chi connectivity index (χ1v) is 22.2. The minimum atomic E-state index is -7.99. The topological polar surface area (TPSA) is 9.23 Å². The molecule has 3 rings (SSSR count). The van der Waals surface area contributed by atoms with Gasteiger partial charge in [0.15, 0.2) is 0 Å². The van der Waals surface area contributed by atoms with E-state index in [1.54, 1.807) is 0 Å². The summed E-state index contributed by atoms with van der Waals surface area (Å²) in [4.78, 5) is 0. The van der Waals surface area contributed by atoms with Gasteiger partial charge in [-0.05, 0) is 46.7 Å². The fourth-order valence-corrected chi connectivity index (χ4v) is 46.2. The Morgan fingerprint density at radius 2 is 1.07 bits per heavy atom. The van der Waals surface area contributed by atoms with Crippen molar-refractivity contribution in [2.45, 2.75) is 61.8 Å². The van der Waals surface area contributed by atoms with Crippen molar-refractivity contribution in [2.24, 2.45) is 0 Å². The highest BCUT2D eigenvalue weighted by molar-refractivity contribution is 14.1. The molecule has 0 radical (unpaired) electrons. The SMILES string of the molecule is CCCC(OC(F)(F)C(F)(F)C(F)(F)C(F)(F)C(F)(F)C(F)(F)F)c1ccc(P2(=S)SP(=S)(c3ccc(I)cc3)S2)cc1. The lowest BCUT2D eigenvalue weighted by molar-refractivity contribution is -0.470. The van der Waals surface area contributed by atoms with E-state index in [0.29, 0.717) is 5.30 Å². The molecule has 2 aromatic rings. The van der Waals surface area contributed by atoms with Gasteiger partial charge in [-0.3, -0.25) is 0 Å². The number of benzene rings is 2. The van der Waals surface area contributed by atoms with Gasteiger partial charge in [0.2, 0.25) is 0 Å². The third-order valence-electron chi connectivity index (χ3n) is 5.90. The summed E-state index contributed by atoms with van der Waals surface area (Å²) in [5.41, 5.74) is -0.328. The maximum absolute atomic E-state index is 14.4. The molecular weight excluding hydrogens is 844 g/mol. The average molecular weight is 860 g/mol. The first-order valence-electron chi connectivity index (χ1n) is 11.4. The zero-order chi connectivity index (χ0) is 33.1. The lowest BCUT2D eigenvalue weighted by atomic mass is 9.97. The van der Waals surface area contributed by atoms with Gasteiger partial charge in [-0.25, -0.2) is 0 Å². The molecular formula is C22H16F13IOP2S4. The lowest BCUT2D eigenvalue weighted by Crippen LogP contribution is -2.70. The van der Waals surface area contributed by atoms with Crippen LogP contribution < -0.4 is 10.6 Å². The minimum Gasteiger partial charge on any atom is -0.307 e. The van der Waals surface area contributed by atoms with Gasteiger partial charge in [-0.15, -0.1) is 0 Å². The molecule has 0 aromatic heterocycles. The Hall–Kier alpha value is 0.220.